The largest absolute Gasteiger partial charge is 0.449 e. The minimum Gasteiger partial charge on any atom is -0.449 e. The van der Waals surface area contributed by atoms with Crippen molar-refractivity contribution in [1.82, 2.24) is 0 Å². The molecule has 0 unspecified atom stereocenters. The molecule has 0 atom stereocenters. The van der Waals surface area contributed by atoms with Crippen molar-refractivity contribution in [2.45, 2.75) is 6.18 Å². The third-order valence-corrected chi connectivity index (χ3v) is 3.63. The molecule has 0 bridgehead atoms. The number of ether oxygens (including phenoxy) is 1. The van der Waals surface area contributed by atoms with Crippen LogP contribution in [0.15, 0.2) is 39.8 Å². The van der Waals surface area contributed by atoms with Crippen LogP contribution in [-0.2, 0) is 6.18 Å². The third-order valence-electron chi connectivity index (χ3n) is 2.86. The first-order valence-electron chi connectivity index (χ1n) is 6.54. The Hall–Kier alpha value is -1.87. The molecule has 0 heterocycles. The van der Waals surface area contributed by atoms with Crippen LogP contribution < -0.4 is 10.5 Å². The molecule has 0 saturated heterocycles. The van der Waals surface area contributed by atoms with Crippen molar-refractivity contribution in [3.63, 3.8) is 0 Å². The molecule has 3 nitrogen and oxygen atoms in total. The van der Waals surface area contributed by atoms with E-state index in [1.54, 1.807) is 0 Å². The van der Waals surface area contributed by atoms with Crippen LogP contribution in [0.5, 0.6) is 11.5 Å². The topological polar surface area (TPSA) is 47.6 Å². The molecule has 0 aliphatic heterocycles. The van der Waals surface area contributed by atoms with Crippen LogP contribution in [-0.4, -0.2) is 11.7 Å². The van der Waals surface area contributed by atoms with Gasteiger partial charge in [-0.3, -0.25) is 0 Å². The predicted octanol–water partition coefficient (Wildman–Crippen LogP) is 5.77. The number of hydrogen-bond acceptors (Lipinski definition) is 2. The van der Waals surface area contributed by atoms with Gasteiger partial charge in [0, 0.05) is 4.47 Å². The van der Waals surface area contributed by atoms with Crippen molar-refractivity contribution in [2.75, 3.05) is 5.88 Å². The Labute approximate surface area is 152 Å². The zero-order valence-electron chi connectivity index (χ0n) is 12.2. The molecule has 2 aromatic carbocycles. The monoisotopic (exact) mass is 442 g/mol. The molecule has 2 rings (SSSR count). The third kappa shape index (κ3) is 4.82. The van der Waals surface area contributed by atoms with E-state index in [-0.39, 0.29) is 35.3 Å². The van der Waals surface area contributed by atoms with Gasteiger partial charge in [0.1, 0.15) is 11.5 Å². The second-order valence-electron chi connectivity index (χ2n) is 4.72. The zero-order valence-corrected chi connectivity index (χ0v) is 14.5. The van der Waals surface area contributed by atoms with E-state index in [0.717, 1.165) is 0 Å². The number of nitrogens with two attached hydrogens (primary N) is 1. The van der Waals surface area contributed by atoms with E-state index in [1.807, 2.05) is 0 Å². The van der Waals surface area contributed by atoms with Gasteiger partial charge >= 0.3 is 6.18 Å². The normalized spacial score (nSPS) is 12.4. The molecule has 0 aromatic heterocycles. The van der Waals surface area contributed by atoms with Crippen molar-refractivity contribution in [3.8, 4) is 11.5 Å². The van der Waals surface area contributed by atoms with Gasteiger partial charge in [0.25, 0.3) is 0 Å². The number of amidine groups is 1. The van der Waals surface area contributed by atoms with Gasteiger partial charge in [0.15, 0.2) is 23.1 Å². The van der Waals surface area contributed by atoms with Gasteiger partial charge in [-0.25, -0.2) is 13.8 Å². The molecule has 2 aromatic rings. The second kappa shape index (κ2) is 7.57. The van der Waals surface area contributed by atoms with Crippen LogP contribution in [0.3, 0.4) is 0 Å². The van der Waals surface area contributed by atoms with Crippen LogP contribution >= 0.6 is 27.5 Å². The molecule has 0 radical (unpaired) electrons. The van der Waals surface area contributed by atoms with Gasteiger partial charge in [0.2, 0.25) is 0 Å². The van der Waals surface area contributed by atoms with Gasteiger partial charge in [-0.15, -0.1) is 11.6 Å². The lowest BCUT2D eigenvalue weighted by atomic mass is 10.2. The summed E-state index contributed by atoms with van der Waals surface area (Å²) >= 11 is 8.71. The molecule has 0 spiro atoms. The molecule has 10 heteroatoms. The molecule has 0 aliphatic carbocycles. The van der Waals surface area contributed by atoms with E-state index < -0.39 is 29.1 Å². The first kappa shape index (κ1) is 19.5. The molecule has 25 heavy (non-hydrogen) atoms. The fourth-order valence-electron chi connectivity index (χ4n) is 1.78. The fourth-order valence-corrected chi connectivity index (χ4v) is 2.19. The highest BCUT2D eigenvalue weighted by Gasteiger charge is 2.33. The standard InChI is InChI=1S/C15H9BrClF5N2O/c16-8-1-2-12(11(5-8)24-13(23)6-17)25-14-9(18)3-7(4-10(14)19)15(20,21)22/h1-5H,6H2,(H2,23,24). The fraction of sp³-hybridized carbons (Fsp3) is 0.133. The number of hydrogen-bond donors (Lipinski definition) is 1. The van der Waals surface area contributed by atoms with Crippen LogP contribution in [0, 0.1) is 11.6 Å². The highest BCUT2D eigenvalue weighted by molar-refractivity contribution is 9.10. The minimum atomic E-state index is -4.89. The van der Waals surface area contributed by atoms with Gasteiger partial charge in [0.05, 0.1) is 11.4 Å². The maximum absolute atomic E-state index is 13.9. The molecule has 0 saturated carbocycles. The summed E-state index contributed by atoms with van der Waals surface area (Å²) in [5, 5.41) is 0. The van der Waals surface area contributed by atoms with Crippen LogP contribution in [0.2, 0.25) is 0 Å². The Balaban J connectivity index is 2.47. The van der Waals surface area contributed by atoms with Crippen molar-refractivity contribution in [3.05, 3.63) is 52.0 Å². The van der Waals surface area contributed by atoms with E-state index in [4.69, 9.17) is 22.1 Å². The molecule has 0 fully saturated rings. The molecular weight excluding hydrogens is 435 g/mol. The zero-order chi connectivity index (χ0) is 18.8. The highest BCUT2D eigenvalue weighted by atomic mass is 79.9. The van der Waals surface area contributed by atoms with Gasteiger partial charge < -0.3 is 10.5 Å². The summed E-state index contributed by atoms with van der Waals surface area (Å²) in [7, 11) is 0. The lowest BCUT2D eigenvalue weighted by Crippen LogP contribution is -2.12. The molecule has 2 N–H and O–H groups in total. The number of nitrogens with zero attached hydrogens (tertiary/aromatic N) is 1. The minimum absolute atomic E-state index is 0.0120. The summed E-state index contributed by atoms with van der Waals surface area (Å²) in [6, 6.07) is 4.54. The second-order valence-corrected chi connectivity index (χ2v) is 5.90. The number of aliphatic imine (C=N–C) groups is 1. The highest BCUT2D eigenvalue weighted by Crippen LogP contribution is 2.39. The quantitative estimate of drug-likeness (QED) is 0.282. The van der Waals surface area contributed by atoms with Crippen molar-refractivity contribution >= 4 is 39.1 Å². The summed E-state index contributed by atoms with van der Waals surface area (Å²) in [6.45, 7) is 0. The molecular formula is C15H9BrClF5N2O. The predicted molar refractivity (Wildman–Crippen MR) is 87.6 cm³/mol. The smallest absolute Gasteiger partial charge is 0.416 e. The summed E-state index contributed by atoms with van der Waals surface area (Å²) < 4.78 is 71.2. The van der Waals surface area contributed by atoms with Crippen molar-refractivity contribution < 1.29 is 26.7 Å². The number of halogens is 7. The molecule has 0 amide bonds. The molecule has 0 aliphatic rings. The number of alkyl halides is 4. The van der Waals surface area contributed by atoms with E-state index >= 15 is 0 Å². The van der Waals surface area contributed by atoms with Gasteiger partial charge in [-0.1, -0.05) is 15.9 Å². The van der Waals surface area contributed by atoms with Crippen LogP contribution in [0.4, 0.5) is 27.6 Å². The first-order valence-corrected chi connectivity index (χ1v) is 7.87. The Morgan fingerprint density at radius 1 is 1.16 bits per heavy atom. The maximum atomic E-state index is 13.9. The Morgan fingerprint density at radius 3 is 2.28 bits per heavy atom. The Bertz CT molecular complexity index is 803. The van der Waals surface area contributed by atoms with Crippen molar-refractivity contribution in [1.29, 1.82) is 0 Å². The SMILES string of the molecule is NC(CCl)=Nc1cc(Br)ccc1Oc1c(F)cc(C(F)(F)F)cc1F. The average molecular weight is 444 g/mol. The lowest BCUT2D eigenvalue weighted by Gasteiger charge is -2.13. The van der Waals surface area contributed by atoms with E-state index in [2.05, 4.69) is 20.9 Å². The Morgan fingerprint density at radius 2 is 1.76 bits per heavy atom. The lowest BCUT2D eigenvalue weighted by molar-refractivity contribution is -0.138. The summed E-state index contributed by atoms with van der Waals surface area (Å²) in [4.78, 5) is 3.93. The number of benzene rings is 2. The van der Waals surface area contributed by atoms with Gasteiger partial charge in [-0.2, -0.15) is 13.2 Å². The van der Waals surface area contributed by atoms with E-state index in [1.165, 1.54) is 18.2 Å². The van der Waals surface area contributed by atoms with Crippen LogP contribution in [0.25, 0.3) is 0 Å². The summed E-state index contributed by atoms with van der Waals surface area (Å²) in [6.07, 6.45) is -4.89. The van der Waals surface area contributed by atoms with Crippen molar-refractivity contribution in [2.24, 2.45) is 10.7 Å². The maximum Gasteiger partial charge on any atom is 0.416 e. The Kier molecular flexibility index (Phi) is 5.89. The summed E-state index contributed by atoms with van der Waals surface area (Å²) in [5.74, 6) is -4.21. The number of rotatable bonds is 4. The van der Waals surface area contributed by atoms with E-state index in [0.29, 0.717) is 4.47 Å². The van der Waals surface area contributed by atoms with Gasteiger partial charge in [-0.05, 0) is 30.3 Å². The average Bonchev–Trinajstić information content (AvgIpc) is 2.51. The first-order chi connectivity index (χ1) is 11.6. The van der Waals surface area contributed by atoms with Crippen LogP contribution in [0.1, 0.15) is 5.56 Å². The molecule has 134 valence electrons. The van der Waals surface area contributed by atoms with E-state index in [9.17, 15) is 22.0 Å². The summed E-state index contributed by atoms with van der Waals surface area (Å²) in [5.41, 5.74) is 4.15.